The van der Waals surface area contributed by atoms with E-state index in [0.29, 0.717) is 12.0 Å². The van der Waals surface area contributed by atoms with Gasteiger partial charge in [0, 0.05) is 18.3 Å². The molecule has 0 amide bonds. The van der Waals surface area contributed by atoms with E-state index >= 15 is 0 Å². The van der Waals surface area contributed by atoms with Crippen LogP contribution in [0.4, 0.5) is 3.89 Å². The second-order valence-corrected chi connectivity index (χ2v) is 2.29. The Balaban J connectivity index is 3.60. The van der Waals surface area contributed by atoms with Crippen LogP contribution in [0.25, 0.3) is 0 Å². The lowest BCUT2D eigenvalue weighted by Crippen LogP contribution is -1.87. The molecule has 0 spiro atoms. The minimum absolute atomic E-state index is 0.446. The summed E-state index contributed by atoms with van der Waals surface area (Å²) in [6.07, 6.45) is 1.30. The van der Waals surface area contributed by atoms with Crippen LogP contribution in [-0.2, 0) is 14.1 Å². The van der Waals surface area contributed by atoms with Crippen molar-refractivity contribution in [3.63, 3.8) is 0 Å². The van der Waals surface area contributed by atoms with Gasteiger partial charge in [-0.2, -0.15) is 12.0 Å². The molecule has 0 aliphatic rings. The Morgan fingerprint density at radius 1 is 1.71 bits per heavy atom. The molecule has 0 saturated heterocycles. The quantitative estimate of drug-likeness (QED) is 0.420. The molecule has 0 fully saturated rings. The predicted molar refractivity (Wildman–Crippen MR) is 24.6 cm³/mol. The maximum atomic E-state index is 11.1. The van der Waals surface area contributed by atoms with E-state index in [1.807, 2.05) is 0 Å². The van der Waals surface area contributed by atoms with Gasteiger partial charge in [0.15, 0.2) is 0 Å². The molecular weight excluding hydrogens is 143 g/mol. The molecule has 0 aliphatic heterocycles. The first-order chi connectivity index (χ1) is 3.06. The van der Waals surface area contributed by atoms with E-state index in [-0.39, 0.29) is 0 Å². The molecule has 0 aromatic carbocycles. The van der Waals surface area contributed by atoms with Crippen molar-refractivity contribution in [2.45, 2.75) is 0 Å². The molecule has 6 heteroatoms. The van der Waals surface area contributed by atoms with Gasteiger partial charge in [-0.25, -0.2) is 0 Å². The van der Waals surface area contributed by atoms with Crippen LogP contribution in [0.1, 0.15) is 0 Å². The van der Waals surface area contributed by atoms with Crippen LogP contribution in [0, 0.1) is 0 Å². The van der Waals surface area contributed by atoms with Gasteiger partial charge in [-0.1, -0.05) is 3.89 Å². The van der Waals surface area contributed by atoms with Crippen LogP contribution in [0.3, 0.4) is 0 Å². The first kappa shape index (κ1) is 7.19. The smallest absolute Gasteiger partial charge is 0.173 e. The van der Waals surface area contributed by atoms with Crippen LogP contribution in [-0.4, -0.2) is 14.7 Å². The molecule has 0 aromatic rings. The first-order valence-corrected chi connectivity index (χ1v) is 3.69. The van der Waals surface area contributed by atoms with Crippen molar-refractivity contribution in [1.29, 1.82) is 0 Å². The molecule has 0 atom stereocenters. The van der Waals surface area contributed by atoms with E-state index in [1.165, 1.54) is 6.26 Å². The van der Waals surface area contributed by atoms with Gasteiger partial charge in [-0.15, -0.1) is 0 Å². The van der Waals surface area contributed by atoms with E-state index in [2.05, 4.69) is 3.63 Å². The van der Waals surface area contributed by atoms with Crippen LogP contribution >= 0.6 is 12.0 Å². The van der Waals surface area contributed by atoms with Gasteiger partial charge in [-0.05, 0) is 0 Å². The van der Waals surface area contributed by atoms with Gasteiger partial charge in [0.2, 0.25) is 0 Å². The highest BCUT2D eigenvalue weighted by molar-refractivity contribution is 8.02. The topological polar surface area (TPSA) is 43.4 Å². The third-order valence-electron chi connectivity index (χ3n) is 0.149. The van der Waals surface area contributed by atoms with Crippen molar-refractivity contribution in [3.05, 3.63) is 0 Å². The summed E-state index contributed by atoms with van der Waals surface area (Å²) in [5, 5.41) is 0. The molecule has 0 heterocycles. The Hall–Kier alpha value is 0.190. The molecule has 0 rings (SSSR count). The number of rotatable bonds is 2. The maximum Gasteiger partial charge on any atom is 0.448 e. The Morgan fingerprint density at radius 3 is 2.14 bits per heavy atom. The van der Waals surface area contributed by atoms with Gasteiger partial charge in [-0.3, -0.25) is 0 Å². The Labute approximate surface area is 45.5 Å². The summed E-state index contributed by atoms with van der Waals surface area (Å²) in [7, 11) is -4.71. The third-order valence-corrected chi connectivity index (χ3v) is 1.34. The van der Waals surface area contributed by atoms with Crippen molar-refractivity contribution in [3.8, 4) is 0 Å². The average molecular weight is 146 g/mol. The van der Waals surface area contributed by atoms with Crippen molar-refractivity contribution >= 4 is 22.5 Å². The molecule has 0 bridgehead atoms. The van der Waals surface area contributed by atoms with Gasteiger partial charge in [0.1, 0.15) is 0 Å². The summed E-state index contributed by atoms with van der Waals surface area (Å²) in [4.78, 5) is 0. The normalized spacial score (nSPS) is 11.7. The number of hydrogen-bond donors (Lipinski definition) is 0. The summed E-state index contributed by atoms with van der Waals surface area (Å²) in [5.41, 5.74) is 0. The largest absolute Gasteiger partial charge is 0.448 e. The molecule has 0 radical (unpaired) electrons. The van der Waals surface area contributed by atoms with Crippen LogP contribution in [0.2, 0.25) is 0 Å². The van der Waals surface area contributed by atoms with E-state index < -0.39 is 10.5 Å². The van der Waals surface area contributed by atoms with Gasteiger partial charge in [0.25, 0.3) is 0 Å². The van der Waals surface area contributed by atoms with Crippen LogP contribution < -0.4 is 0 Å². The zero-order chi connectivity index (χ0) is 5.91. The third kappa shape index (κ3) is 6.19. The van der Waals surface area contributed by atoms with E-state index in [1.54, 1.807) is 0 Å². The standard InChI is InChI=1S/CH3FO3S2/c1-6-5-7(2,3)4/h1H3. The van der Waals surface area contributed by atoms with Gasteiger partial charge >= 0.3 is 10.5 Å². The molecule has 0 N–H and O–H groups in total. The lowest BCUT2D eigenvalue weighted by atomic mass is 12.0. The van der Waals surface area contributed by atoms with Gasteiger partial charge < -0.3 is 0 Å². The highest BCUT2D eigenvalue weighted by atomic mass is 32.3. The molecule has 0 unspecified atom stereocenters. The fraction of sp³-hybridized carbons (Fsp3) is 1.00. The zero-order valence-corrected chi connectivity index (χ0v) is 5.05. The van der Waals surface area contributed by atoms with E-state index in [9.17, 15) is 12.3 Å². The average Bonchev–Trinajstić information content (AvgIpc) is 1.30. The fourth-order valence-electron chi connectivity index (χ4n) is 0.0813. The molecule has 44 valence electrons. The summed E-state index contributed by atoms with van der Waals surface area (Å²) in [6, 6.07) is 0. The second kappa shape index (κ2) is 2.49. The highest BCUT2D eigenvalue weighted by Crippen LogP contribution is 2.03. The minimum atomic E-state index is -4.71. The zero-order valence-electron chi connectivity index (χ0n) is 3.42. The molecular formula is CH3FO3S2. The Morgan fingerprint density at radius 2 is 2.14 bits per heavy atom. The predicted octanol–water partition coefficient (Wildman–Crippen LogP) is 0.495. The maximum absolute atomic E-state index is 11.1. The molecule has 0 saturated carbocycles. The summed E-state index contributed by atoms with van der Waals surface area (Å²) < 4.78 is 33.2. The van der Waals surface area contributed by atoms with Crippen molar-refractivity contribution in [1.82, 2.24) is 0 Å². The minimum Gasteiger partial charge on any atom is -0.173 e. The Kier molecular flexibility index (Phi) is 2.55. The van der Waals surface area contributed by atoms with Crippen LogP contribution in [0.15, 0.2) is 0 Å². The van der Waals surface area contributed by atoms with E-state index in [4.69, 9.17) is 0 Å². The van der Waals surface area contributed by atoms with Crippen LogP contribution in [0.5, 0.6) is 0 Å². The monoisotopic (exact) mass is 146 g/mol. The van der Waals surface area contributed by atoms with E-state index in [0.717, 1.165) is 0 Å². The molecule has 0 aliphatic carbocycles. The fourth-order valence-corrected chi connectivity index (χ4v) is 0.731. The Bertz CT molecular complexity index is 126. The number of hydrogen-bond acceptors (Lipinski definition) is 4. The lowest BCUT2D eigenvalue weighted by molar-refractivity contribution is 0.469. The molecule has 3 nitrogen and oxygen atoms in total. The van der Waals surface area contributed by atoms with Crippen molar-refractivity contribution in [2.24, 2.45) is 0 Å². The SMILES string of the molecule is CSOS(=O)(=O)F. The van der Waals surface area contributed by atoms with Crippen molar-refractivity contribution in [2.75, 3.05) is 6.26 Å². The molecule has 0 aromatic heterocycles. The lowest BCUT2D eigenvalue weighted by Gasteiger charge is -1.83. The van der Waals surface area contributed by atoms with Crippen molar-refractivity contribution < 1.29 is 15.9 Å². The summed E-state index contributed by atoms with van der Waals surface area (Å²) in [6.45, 7) is 0. The second-order valence-electron chi connectivity index (χ2n) is 0.628. The molecule has 7 heavy (non-hydrogen) atoms. The highest BCUT2D eigenvalue weighted by Gasteiger charge is 2.03. The summed E-state index contributed by atoms with van der Waals surface area (Å²) in [5.74, 6) is 0. The van der Waals surface area contributed by atoms with Gasteiger partial charge in [0.05, 0.1) is 0 Å². The summed E-state index contributed by atoms with van der Waals surface area (Å²) >= 11 is 0.446. The first-order valence-electron chi connectivity index (χ1n) is 1.23. The number of halogens is 1.